The molecule has 2 aromatic carbocycles. The molecule has 0 aliphatic heterocycles. The van der Waals surface area contributed by atoms with Crippen molar-refractivity contribution in [3.05, 3.63) is 57.6 Å². The second-order valence-electron chi connectivity index (χ2n) is 5.33. The van der Waals surface area contributed by atoms with Crippen LogP contribution < -0.4 is 14.8 Å². The van der Waals surface area contributed by atoms with Gasteiger partial charge in [-0.3, -0.25) is 4.79 Å². The molecule has 0 atom stereocenters. The molecule has 2 rings (SSSR count). The molecule has 134 valence electrons. The third-order valence-corrected chi connectivity index (χ3v) is 4.44. The van der Waals surface area contributed by atoms with Crippen LogP contribution in [0.15, 0.2) is 40.9 Å². The van der Waals surface area contributed by atoms with Gasteiger partial charge in [0.2, 0.25) is 0 Å². The average Bonchev–Trinajstić information content (AvgIpc) is 2.65. The standard InChI is InChI=1S/C19H22BrNO4/c1-4-25-12-14-7-5-13(6-8-14)11-21-19(22)15-9-16(23-2)18(20)17(10-15)24-3/h5-10H,4,11-12H2,1-3H3,(H,21,22). The molecule has 0 bridgehead atoms. The van der Waals surface area contributed by atoms with Crippen molar-refractivity contribution in [1.29, 1.82) is 0 Å². The van der Waals surface area contributed by atoms with Crippen LogP contribution in [0.25, 0.3) is 0 Å². The molecule has 0 aliphatic carbocycles. The van der Waals surface area contributed by atoms with Crippen LogP contribution in [0.3, 0.4) is 0 Å². The Labute approximate surface area is 156 Å². The van der Waals surface area contributed by atoms with E-state index in [1.807, 2.05) is 31.2 Å². The molecule has 0 aromatic heterocycles. The lowest BCUT2D eigenvalue weighted by Crippen LogP contribution is -2.22. The summed E-state index contributed by atoms with van der Waals surface area (Å²) in [5.74, 6) is 0.900. The fourth-order valence-corrected chi connectivity index (χ4v) is 2.81. The highest BCUT2D eigenvalue weighted by molar-refractivity contribution is 9.10. The Morgan fingerprint density at radius 2 is 1.60 bits per heavy atom. The van der Waals surface area contributed by atoms with Crippen LogP contribution in [0.4, 0.5) is 0 Å². The summed E-state index contributed by atoms with van der Waals surface area (Å²) >= 11 is 3.39. The van der Waals surface area contributed by atoms with E-state index in [9.17, 15) is 4.79 Å². The number of amides is 1. The summed E-state index contributed by atoms with van der Waals surface area (Å²) in [5, 5.41) is 2.90. The topological polar surface area (TPSA) is 56.8 Å². The zero-order valence-corrected chi connectivity index (χ0v) is 16.2. The molecule has 0 saturated heterocycles. The number of rotatable bonds is 8. The number of ether oxygens (including phenoxy) is 3. The molecule has 0 heterocycles. The molecule has 0 unspecified atom stereocenters. The minimum atomic E-state index is -0.192. The lowest BCUT2D eigenvalue weighted by molar-refractivity contribution is 0.0950. The second-order valence-corrected chi connectivity index (χ2v) is 6.12. The van der Waals surface area contributed by atoms with Gasteiger partial charge in [0.1, 0.15) is 16.0 Å². The molecule has 1 N–H and O–H groups in total. The van der Waals surface area contributed by atoms with Gasteiger partial charge in [-0.25, -0.2) is 0 Å². The first-order chi connectivity index (χ1) is 12.1. The molecule has 1 amide bonds. The minimum Gasteiger partial charge on any atom is -0.495 e. The zero-order chi connectivity index (χ0) is 18.2. The normalized spacial score (nSPS) is 10.4. The number of carbonyl (C=O) groups excluding carboxylic acids is 1. The summed E-state index contributed by atoms with van der Waals surface area (Å²) in [5.41, 5.74) is 2.61. The summed E-state index contributed by atoms with van der Waals surface area (Å²) in [6.45, 7) is 3.70. The van der Waals surface area contributed by atoms with Gasteiger partial charge in [0.15, 0.2) is 0 Å². The van der Waals surface area contributed by atoms with E-state index in [0.717, 1.165) is 11.1 Å². The van der Waals surface area contributed by atoms with E-state index >= 15 is 0 Å². The van der Waals surface area contributed by atoms with Crippen LogP contribution in [-0.4, -0.2) is 26.7 Å². The maximum Gasteiger partial charge on any atom is 0.251 e. The Morgan fingerprint density at radius 1 is 1.04 bits per heavy atom. The van der Waals surface area contributed by atoms with E-state index in [1.54, 1.807) is 26.4 Å². The van der Waals surface area contributed by atoms with E-state index in [2.05, 4.69) is 21.2 Å². The minimum absolute atomic E-state index is 0.192. The summed E-state index contributed by atoms with van der Waals surface area (Å²) in [4.78, 5) is 12.4. The Hall–Kier alpha value is -2.05. The molecule has 0 saturated carbocycles. The molecular weight excluding hydrogens is 386 g/mol. The monoisotopic (exact) mass is 407 g/mol. The van der Waals surface area contributed by atoms with E-state index < -0.39 is 0 Å². The van der Waals surface area contributed by atoms with E-state index in [-0.39, 0.29) is 5.91 Å². The number of halogens is 1. The molecule has 0 fully saturated rings. The molecule has 0 radical (unpaired) electrons. The first-order valence-electron chi connectivity index (χ1n) is 7.94. The number of methoxy groups -OCH3 is 2. The highest BCUT2D eigenvalue weighted by atomic mass is 79.9. The largest absolute Gasteiger partial charge is 0.495 e. The van der Waals surface area contributed by atoms with Gasteiger partial charge >= 0.3 is 0 Å². The van der Waals surface area contributed by atoms with Gasteiger partial charge in [0, 0.05) is 18.7 Å². The van der Waals surface area contributed by atoms with Gasteiger partial charge in [0.25, 0.3) is 5.91 Å². The third kappa shape index (κ3) is 5.21. The highest BCUT2D eigenvalue weighted by Crippen LogP contribution is 2.35. The lowest BCUT2D eigenvalue weighted by atomic mass is 10.1. The number of hydrogen-bond acceptors (Lipinski definition) is 4. The smallest absolute Gasteiger partial charge is 0.251 e. The number of hydrogen-bond donors (Lipinski definition) is 1. The van der Waals surface area contributed by atoms with Crippen LogP contribution in [0.2, 0.25) is 0 Å². The molecule has 25 heavy (non-hydrogen) atoms. The Kier molecular flexibility index (Phi) is 7.28. The van der Waals surface area contributed by atoms with Crippen LogP contribution in [0.1, 0.15) is 28.4 Å². The molecule has 6 heteroatoms. The van der Waals surface area contributed by atoms with Crippen LogP contribution in [0.5, 0.6) is 11.5 Å². The average molecular weight is 408 g/mol. The predicted molar refractivity (Wildman–Crippen MR) is 100 cm³/mol. The van der Waals surface area contributed by atoms with Gasteiger partial charge in [-0.1, -0.05) is 24.3 Å². The Bertz CT molecular complexity index is 691. The van der Waals surface area contributed by atoms with E-state index in [0.29, 0.717) is 41.3 Å². The number of carbonyl (C=O) groups is 1. The van der Waals surface area contributed by atoms with Crippen LogP contribution >= 0.6 is 15.9 Å². The summed E-state index contributed by atoms with van der Waals surface area (Å²) in [7, 11) is 3.09. The fourth-order valence-electron chi connectivity index (χ4n) is 2.26. The molecular formula is C19H22BrNO4. The third-order valence-electron chi connectivity index (χ3n) is 3.66. The van der Waals surface area contributed by atoms with E-state index in [4.69, 9.17) is 14.2 Å². The van der Waals surface area contributed by atoms with Crippen molar-refractivity contribution in [1.82, 2.24) is 5.32 Å². The van der Waals surface area contributed by atoms with Crippen molar-refractivity contribution in [2.75, 3.05) is 20.8 Å². The van der Waals surface area contributed by atoms with Gasteiger partial charge in [-0.2, -0.15) is 0 Å². The zero-order valence-electron chi connectivity index (χ0n) is 14.6. The van der Waals surface area contributed by atoms with Crippen molar-refractivity contribution < 1.29 is 19.0 Å². The Balaban J connectivity index is 2.02. The second kappa shape index (κ2) is 9.44. The summed E-state index contributed by atoms with van der Waals surface area (Å²) in [6, 6.07) is 11.3. The maximum atomic E-state index is 12.4. The maximum absolute atomic E-state index is 12.4. The highest BCUT2D eigenvalue weighted by Gasteiger charge is 2.14. The summed E-state index contributed by atoms with van der Waals surface area (Å²) in [6.07, 6.45) is 0. The lowest BCUT2D eigenvalue weighted by Gasteiger charge is -2.12. The van der Waals surface area contributed by atoms with Crippen molar-refractivity contribution in [2.24, 2.45) is 0 Å². The number of nitrogens with one attached hydrogen (secondary N) is 1. The molecule has 0 aliphatic rings. The molecule has 0 spiro atoms. The van der Waals surface area contributed by atoms with E-state index in [1.165, 1.54) is 0 Å². The van der Waals surface area contributed by atoms with Gasteiger partial charge in [-0.05, 0) is 46.1 Å². The van der Waals surface area contributed by atoms with Crippen molar-refractivity contribution >= 4 is 21.8 Å². The van der Waals surface area contributed by atoms with Crippen molar-refractivity contribution in [3.63, 3.8) is 0 Å². The molecule has 5 nitrogen and oxygen atoms in total. The van der Waals surface area contributed by atoms with Crippen molar-refractivity contribution in [2.45, 2.75) is 20.1 Å². The predicted octanol–water partition coefficient (Wildman–Crippen LogP) is 3.93. The van der Waals surface area contributed by atoms with Crippen molar-refractivity contribution in [3.8, 4) is 11.5 Å². The van der Waals surface area contributed by atoms with Crippen LogP contribution in [0, 0.1) is 0 Å². The Morgan fingerprint density at radius 3 is 2.12 bits per heavy atom. The first kappa shape index (κ1) is 19.3. The van der Waals surface area contributed by atoms with Gasteiger partial charge in [0.05, 0.1) is 20.8 Å². The fraction of sp³-hybridized carbons (Fsp3) is 0.316. The molecule has 2 aromatic rings. The van der Waals surface area contributed by atoms with Crippen LogP contribution in [-0.2, 0) is 17.9 Å². The van der Waals surface area contributed by atoms with Gasteiger partial charge < -0.3 is 19.5 Å². The van der Waals surface area contributed by atoms with Gasteiger partial charge in [-0.15, -0.1) is 0 Å². The summed E-state index contributed by atoms with van der Waals surface area (Å²) < 4.78 is 16.6. The SMILES string of the molecule is CCOCc1ccc(CNC(=O)c2cc(OC)c(Br)c(OC)c2)cc1. The quantitative estimate of drug-likeness (QED) is 0.719. The number of benzene rings is 2. The first-order valence-corrected chi connectivity index (χ1v) is 8.73.